The van der Waals surface area contributed by atoms with Crippen LogP contribution in [0.1, 0.15) is 59.3 Å². The molecule has 0 spiro atoms. The highest BCUT2D eigenvalue weighted by Gasteiger charge is 2.35. The summed E-state index contributed by atoms with van der Waals surface area (Å²) in [5, 5.41) is 18.7. The Balaban J connectivity index is 1.79. The summed E-state index contributed by atoms with van der Waals surface area (Å²) in [6, 6.07) is 0. The molecule has 0 aromatic rings. The molecule has 0 bridgehead atoms. The Hall–Kier alpha value is -0.610. The van der Waals surface area contributed by atoms with Crippen molar-refractivity contribution in [3.63, 3.8) is 0 Å². The monoisotopic (exact) mass is 311 g/mol. The number of carbonyl (C=O) groups is 1. The lowest BCUT2D eigenvalue weighted by Crippen LogP contribution is -2.45. The highest BCUT2D eigenvalue weighted by atomic mass is 16.3. The fourth-order valence-electron chi connectivity index (χ4n) is 4.12. The van der Waals surface area contributed by atoms with Crippen LogP contribution in [0.4, 0.5) is 0 Å². The average Bonchev–Trinajstić information content (AvgIpc) is 2.53. The summed E-state index contributed by atoms with van der Waals surface area (Å²) in [5.74, 6) is 1.41. The normalized spacial score (nSPS) is 29.4. The Labute approximate surface area is 134 Å². The highest BCUT2D eigenvalue weighted by Crippen LogP contribution is 2.40. The van der Waals surface area contributed by atoms with Crippen LogP contribution in [-0.2, 0) is 4.79 Å². The molecular formula is C18H33NO3. The van der Waals surface area contributed by atoms with Crippen molar-refractivity contribution in [3.05, 3.63) is 0 Å². The van der Waals surface area contributed by atoms with Crippen molar-refractivity contribution in [2.75, 3.05) is 19.7 Å². The smallest absolute Gasteiger partial charge is 0.225 e. The van der Waals surface area contributed by atoms with E-state index in [9.17, 15) is 9.90 Å². The van der Waals surface area contributed by atoms with Gasteiger partial charge < -0.3 is 15.1 Å². The van der Waals surface area contributed by atoms with Crippen molar-refractivity contribution in [2.24, 2.45) is 23.2 Å². The van der Waals surface area contributed by atoms with Gasteiger partial charge >= 0.3 is 0 Å². The van der Waals surface area contributed by atoms with E-state index in [-0.39, 0.29) is 18.4 Å². The molecule has 1 atom stereocenters. The molecule has 2 N–H and O–H groups in total. The Morgan fingerprint density at radius 3 is 2.09 bits per heavy atom. The number of carbonyl (C=O) groups excluding carboxylic acids is 1. The zero-order valence-electron chi connectivity index (χ0n) is 14.4. The van der Waals surface area contributed by atoms with Gasteiger partial charge in [0.05, 0.1) is 12.7 Å². The average molecular weight is 311 g/mol. The second kappa shape index (κ2) is 7.31. The fourth-order valence-corrected chi connectivity index (χ4v) is 4.12. The maximum Gasteiger partial charge on any atom is 0.225 e. The number of likely N-dealkylation sites (tertiary alicyclic amines) is 1. The summed E-state index contributed by atoms with van der Waals surface area (Å²) in [5.41, 5.74) is 0.354. The van der Waals surface area contributed by atoms with Gasteiger partial charge in [0.25, 0.3) is 0 Å². The van der Waals surface area contributed by atoms with Gasteiger partial charge in [-0.1, -0.05) is 20.8 Å². The van der Waals surface area contributed by atoms with Gasteiger partial charge in [-0.25, -0.2) is 0 Å². The maximum atomic E-state index is 12.7. The summed E-state index contributed by atoms with van der Waals surface area (Å²) in [7, 11) is 0. The number of hydrogen-bond acceptors (Lipinski definition) is 3. The van der Waals surface area contributed by atoms with Gasteiger partial charge in [-0.3, -0.25) is 4.79 Å². The summed E-state index contributed by atoms with van der Waals surface area (Å²) in [6.45, 7) is 8.21. The zero-order valence-corrected chi connectivity index (χ0v) is 14.4. The van der Waals surface area contributed by atoms with E-state index in [1.165, 1.54) is 12.8 Å². The van der Waals surface area contributed by atoms with Gasteiger partial charge in [0.1, 0.15) is 0 Å². The van der Waals surface area contributed by atoms with Crippen LogP contribution >= 0.6 is 0 Å². The number of aliphatic hydroxyl groups is 2. The predicted molar refractivity (Wildman–Crippen MR) is 87.3 cm³/mol. The third-order valence-electron chi connectivity index (χ3n) is 5.88. The van der Waals surface area contributed by atoms with Crippen LogP contribution in [0.3, 0.4) is 0 Å². The summed E-state index contributed by atoms with van der Waals surface area (Å²) in [6.07, 6.45) is 5.38. The van der Waals surface area contributed by atoms with Crippen molar-refractivity contribution in [1.82, 2.24) is 4.90 Å². The molecule has 1 heterocycles. The lowest BCUT2D eigenvalue weighted by atomic mass is 9.69. The van der Waals surface area contributed by atoms with E-state index in [1.807, 2.05) is 4.90 Å². The first kappa shape index (κ1) is 17.7. The van der Waals surface area contributed by atoms with Gasteiger partial charge in [0.15, 0.2) is 0 Å². The van der Waals surface area contributed by atoms with Crippen molar-refractivity contribution < 1.29 is 15.0 Å². The molecular weight excluding hydrogens is 278 g/mol. The quantitative estimate of drug-likeness (QED) is 0.841. The van der Waals surface area contributed by atoms with Crippen LogP contribution in [-0.4, -0.2) is 46.8 Å². The molecule has 4 nitrogen and oxygen atoms in total. The van der Waals surface area contributed by atoms with Crippen LogP contribution in [0.15, 0.2) is 0 Å². The Kier molecular flexibility index (Phi) is 5.89. The molecule has 2 fully saturated rings. The SMILES string of the molecule is CC(C)(C)C1CCC(C(=O)N2CCC(C(O)CO)CC2)CC1. The van der Waals surface area contributed by atoms with Crippen LogP contribution < -0.4 is 0 Å². The molecule has 1 aliphatic carbocycles. The predicted octanol–water partition coefficient (Wildman–Crippen LogP) is 2.43. The van der Waals surface area contributed by atoms with E-state index in [1.54, 1.807) is 0 Å². The van der Waals surface area contributed by atoms with Crippen LogP contribution in [0, 0.1) is 23.2 Å². The van der Waals surface area contributed by atoms with Gasteiger partial charge in [0, 0.05) is 19.0 Å². The molecule has 128 valence electrons. The third kappa shape index (κ3) is 4.23. The molecule has 2 aliphatic rings. The number of amides is 1. The summed E-state index contributed by atoms with van der Waals surface area (Å²) in [4.78, 5) is 14.7. The lowest BCUT2D eigenvalue weighted by Gasteiger charge is -2.39. The Bertz CT molecular complexity index is 361. The second-order valence-corrected chi connectivity index (χ2v) is 8.33. The van der Waals surface area contributed by atoms with E-state index in [4.69, 9.17) is 5.11 Å². The molecule has 22 heavy (non-hydrogen) atoms. The molecule has 0 aromatic heterocycles. The molecule has 1 saturated heterocycles. The van der Waals surface area contributed by atoms with Crippen LogP contribution in [0.2, 0.25) is 0 Å². The fraction of sp³-hybridized carbons (Fsp3) is 0.944. The highest BCUT2D eigenvalue weighted by molar-refractivity contribution is 5.79. The van der Waals surface area contributed by atoms with Gasteiger partial charge in [-0.2, -0.15) is 0 Å². The van der Waals surface area contributed by atoms with Crippen molar-refractivity contribution in [2.45, 2.75) is 65.4 Å². The van der Waals surface area contributed by atoms with Gasteiger partial charge in [-0.05, 0) is 55.8 Å². The van der Waals surface area contributed by atoms with E-state index >= 15 is 0 Å². The molecule has 0 aromatic carbocycles. The van der Waals surface area contributed by atoms with E-state index < -0.39 is 6.10 Å². The van der Waals surface area contributed by atoms with Gasteiger partial charge in [0.2, 0.25) is 5.91 Å². The Morgan fingerprint density at radius 1 is 1.09 bits per heavy atom. The standard InChI is InChI=1S/C18H33NO3/c1-18(2,3)15-6-4-14(5-7-15)17(22)19-10-8-13(9-11-19)16(21)12-20/h13-16,20-21H,4-12H2,1-3H3. The molecule has 1 unspecified atom stereocenters. The first-order valence-corrected chi connectivity index (χ1v) is 8.90. The van der Waals surface area contributed by atoms with Crippen molar-refractivity contribution in [1.29, 1.82) is 0 Å². The first-order valence-electron chi connectivity index (χ1n) is 8.90. The second-order valence-electron chi connectivity index (χ2n) is 8.33. The topological polar surface area (TPSA) is 60.8 Å². The molecule has 1 amide bonds. The van der Waals surface area contributed by atoms with E-state index in [2.05, 4.69) is 20.8 Å². The summed E-state index contributed by atoms with van der Waals surface area (Å²) >= 11 is 0. The first-order chi connectivity index (χ1) is 10.3. The minimum Gasteiger partial charge on any atom is -0.394 e. The minimum atomic E-state index is -0.625. The zero-order chi connectivity index (χ0) is 16.3. The van der Waals surface area contributed by atoms with E-state index in [0.717, 1.165) is 44.7 Å². The van der Waals surface area contributed by atoms with Crippen molar-refractivity contribution >= 4 is 5.91 Å². The molecule has 0 radical (unpaired) electrons. The largest absolute Gasteiger partial charge is 0.394 e. The van der Waals surface area contributed by atoms with Gasteiger partial charge in [-0.15, -0.1) is 0 Å². The molecule has 4 heteroatoms. The lowest BCUT2D eigenvalue weighted by molar-refractivity contribution is -0.139. The third-order valence-corrected chi connectivity index (χ3v) is 5.88. The number of aliphatic hydroxyl groups excluding tert-OH is 2. The van der Waals surface area contributed by atoms with Crippen LogP contribution in [0.25, 0.3) is 0 Å². The van der Waals surface area contributed by atoms with Crippen molar-refractivity contribution in [3.8, 4) is 0 Å². The molecule has 1 saturated carbocycles. The summed E-state index contributed by atoms with van der Waals surface area (Å²) < 4.78 is 0. The van der Waals surface area contributed by atoms with E-state index in [0.29, 0.717) is 11.3 Å². The van der Waals surface area contributed by atoms with Crippen LogP contribution in [0.5, 0.6) is 0 Å². The minimum absolute atomic E-state index is 0.144. The number of rotatable bonds is 3. The Morgan fingerprint density at radius 2 is 1.64 bits per heavy atom. The number of nitrogens with zero attached hydrogens (tertiary/aromatic N) is 1. The number of hydrogen-bond donors (Lipinski definition) is 2. The maximum absolute atomic E-state index is 12.7. The molecule has 2 rings (SSSR count). The number of piperidine rings is 1. The molecule has 1 aliphatic heterocycles.